The second-order valence-corrected chi connectivity index (χ2v) is 17.7. The van der Waals surface area contributed by atoms with Crippen molar-refractivity contribution < 1.29 is 86.0 Å². The molecule has 0 aliphatic heterocycles. The lowest BCUT2D eigenvalue weighted by Crippen LogP contribution is -2.57. The summed E-state index contributed by atoms with van der Waals surface area (Å²) < 4.78 is 28.9. The Morgan fingerprint density at radius 2 is 0.333 bits per heavy atom. The highest BCUT2D eigenvalue weighted by Crippen LogP contribution is 2.33. The summed E-state index contributed by atoms with van der Waals surface area (Å²) in [6, 6.07) is 0. The van der Waals surface area contributed by atoms with Crippen molar-refractivity contribution >= 4 is 71.3 Å². The first-order valence-electron chi connectivity index (χ1n) is 19.6. The fourth-order valence-electron chi connectivity index (χ4n) is 6.03. The van der Waals surface area contributed by atoms with Crippen LogP contribution in [-0.2, 0) is 57.2 Å². The third-order valence-corrected chi connectivity index (χ3v) is 9.59. The van der Waals surface area contributed by atoms with Gasteiger partial charge in [0.1, 0.15) is 33.2 Å². The lowest BCUT2D eigenvalue weighted by atomic mass is 9.82. The van der Waals surface area contributed by atoms with Gasteiger partial charge in [0.2, 0.25) is 0 Å². The molecule has 1 aromatic carbocycles. The van der Waals surface area contributed by atoms with Gasteiger partial charge in [-0.05, 0) is 83.1 Å². The summed E-state index contributed by atoms with van der Waals surface area (Å²) in [4.78, 5) is 169. The Hall–Kier alpha value is -7.14. The van der Waals surface area contributed by atoms with E-state index in [-0.39, 0.29) is 0 Å². The molecule has 0 saturated carbocycles. The van der Waals surface area contributed by atoms with Crippen molar-refractivity contribution in [3.05, 3.63) is 33.4 Å². The van der Waals surface area contributed by atoms with Crippen LogP contribution in [0.25, 0.3) is 0 Å². The number of amides is 6. The van der Waals surface area contributed by atoms with E-state index in [4.69, 9.17) is 28.4 Å². The van der Waals surface area contributed by atoms with E-state index in [9.17, 15) is 28.8 Å². The second kappa shape index (κ2) is 20.8. The summed E-state index contributed by atoms with van der Waals surface area (Å²) in [6.07, 6.45) is 0. The van der Waals surface area contributed by atoms with E-state index >= 15 is 28.8 Å². The Kier molecular flexibility index (Phi) is 17.9. The summed E-state index contributed by atoms with van der Waals surface area (Å²) in [7, 11) is 5.74. The molecule has 0 atom stereocenters. The lowest BCUT2D eigenvalue weighted by molar-refractivity contribution is -0.147. The van der Waals surface area contributed by atoms with Crippen LogP contribution in [-0.4, -0.2) is 147 Å². The van der Waals surface area contributed by atoms with Crippen molar-refractivity contribution in [3.8, 4) is 0 Å². The van der Waals surface area contributed by atoms with Crippen molar-refractivity contribution in [2.45, 2.75) is 116 Å². The highest BCUT2D eigenvalue weighted by Gasteiger charge is 2.48. The first-order valence-corrected chi connectivity index (χ1v) is 19.6. The van der Waals surface area contributed by atoms with Crippen LogP contribution >= 0.6 is 0 Å². The van der Waals surface area contributed by atoms with Crippen LogP contribution in [0.1, 0.15) is 145 Å². The van der Waals surface area contributed by atoms with E-state index in [1.165, 1.54) is 0 Å². The largest absolute Gasteiger partial charge is 0.467 e. The molecule has 0 aromatic heterocycles. The zero-order valence-corrected chi connectivity index (χ0v) is 40.3. The Labute approximate surface area is 380 Å². The van der Waals surface area contributed by atoms with Crippen LogP contribution in [0, 0.1) is 0 Å². The van der Waals surface area contributed by atoms with Gasteiger partial charge in [0.15, 0.2) is 0 Å². The Balaban J connectivity index is 5.48. The standard InChI is InChI=1S/C42H60N6O18/c1-37(2,31(55)61-13)43-25(49)19-20(26(50)44-38(3,4)32(56)62-14)22(28(52)46-40(7,8)34(58)64-16)24(30(54)48-42(11,12)36(60)66-18)23(29(53)47-41(9,10)35(59)65-17)21(19)27(51)45-39(5,6)33(57)63-15/h1-18H3,(H,43,49)(H,44,50)(H,45,51)(H,46,52)(H,47,53)(H,48,54). The van der Waals surface area contributed by atoms with Gasteiger partial charge in [-0.3, -0.25) is 28.8 Å². The smallest absolute Gasteiger partial charge is 0.330 e. The predicted molar refractivity (Wildman–Crippen MR) is 228 cm³/mol. The zero-order valence-electron chi connectivity index (χ0n) is 40.3. The maximum atomic E-state index is 15.1. The predicted octanol–water partition coefficient (Wildman–Crippen LogP) is -0.225. The maximum Gasteiger partial charge on any atom is 0.330 e. The van der Waals surface area contributed by atoms with E-state index in [1.807, 2.05) is 0 Å². The number of benzene rings is 1. The molecule has 0 unspecified atom stereocenters. The SMILES string of the molecule is COC(=O)C(C)(C)NC(=O)c1c(C(=O)NC(C)(C)C(=O)OC)c(C(=O)NC(C)(C)C(=O)OC)c(C(=O)NC(C)(C)C(=O)OC)c(C(=O)NC(C)(C)C(=O)OC)c1C(=O)NC(C)(C)C(=O)OC. The number of methoxy groups -OCH3 is 6. The minimum Gasteiger partial charge on any atom is -0.467 e. The van der Waals surface area contributed by atoms with Crippen molar-refractivity contribution in [3.63, 3.8) is 0 Å². The summed E-state index contributed by atoms with van der Waals surface area (Å²) >= 11 is 0. The van der Waals surface area contributed by atoms with Gasteiger partial charge in [0, 0.05) is 0 Å². The third-order valence-electron chi connectivity index (χ3n) is 9.59. The van der Waals surface area contributed by atoms with Crippen LogP contribution < -0.4 is 31.9 Å². The van der Waals surface area contributed by atoms with E-state index in [2.05, 4.69) is 31.9 Å². The van der Waals surface area contributed by atoms with E-state index in [1.54, 1.807) is 0 Å². The van der Waals surface area contributed by atoms with Gasteiger partial charge in [-0.25, -0.2) is 28.8 Å². The fraction of sp³-hybridized carbons (Fsp3) is 0.571. The zero-order chi connectivity index (χ0) is 51.9. The van der Waals surface area contributed by atoms with Gasteiger partial charge < -0.3 is 60.3 Å². The molecule has 0 radical (unpaired) electrons. The van der Waals surface area contributed by atoms with Crippen molar-refractivity contribution in [2.24, 2.45) is 0 Å². The molecule has 0 spiro atoms. The third kappa shape index (κ3) is 12.6. The number of nitrogens with one attached hydrogen (secondary N) is 6. The molecule has 0 fully saturated rings. The Bertz CT molecular complexity index is 1810. The molecule has 24 heteroatoms. The van der Waals surface area contributed by atoms with E-state index < -0.39 is 138 Å². The van der Waals surface area contributed by atoms with Gasteiger partial charge in [-0.2, -0.15) is 0 Å². The number of esters is 6. The molecule has 366 valence electrons. The number of hydrogen-bond donors (Lipinski definition) is 6. The average Bonchev–Trinajstić information content (AvgIpc) is 3.21. The summed E-state index contributed by atoms with van der Waals surface area (Å²) in [5, 5.41) is 13.6. The van der Waals surface area contributed by atoms with E-state index in [0.29, 0.717) is 0 Å². The van der Waals surface area contributed by atoms with Crippen LogP contribution in [0.2, 0.25) is 0 Å². The maximum absolute atomic E-state index is 15.1. The Morgan fingerprint density at radius 1 is 0.242 bits per heavy atom. The van der Waals surface area contributed by atoms with Crippen LogP contribution in [0.5, 0.6) is 0 Å². The average molecular weight is 937 g/mol. The van der Waals surface area contributed by atoms with Crippen molar-refractivity contribution in [1.82, 2.24) is 31.9 Å². The molecule has 0 aliphatic carbocycles. The molecule has 0 bridgehead atoms. The number of rotatable bonds is 18. The monoisotopic (exact) mass is 936 g/mol. The van der Waals surface area contributed by atoms with Crippen LogP contribution in [0.4, 0.5) is 0 Å². The van der Waals surface area contributed by atoms with Gasteiger partial charge >= 0.3 is 35.8 Å². The normalized spacial score (nSPS) is 11.9. The second-order valence-electron chi connectivity index (χ2n) is 17.7. The quantitative estimate of drug-likeness (QED) is 0.0818. The van der Waals surface area contributed by atoms with Gasteiger partial charge in [-0.1, -0.05) is 0 Å². The molecule has 6 N–H and O–H groups in total. The number of carbonyl (C=O) groups excluding carboxylic acids is 12. The number of hydrogen-bond acceptors (Lipinski definition) is 18. The molecular formula is C42H60N6O18. The molecule has 1 aromatic rings. The molecule has 24 nitrogen and oxygen atoms in total. The van der Waals surface area contributed by atoms with Gasteiger partial charge in [0.25, 0.3) is 35.4 Å². The van der Waals surface area contributed by atoms with Gasteiger partial charge in [-0.15, -0.1) is 0 Å². The summed E-state index contributed by atoms with van der Waals surface area (Å²) in [6.45, 7) is 13.4. The van der Waals surface area contributed by atoms with Crippen molar-refractivity contribution in [2.75, 3.05) is 42.7 Å². The lowest BCUT2D eigenvalue weighted by Gasteiger charge is -2.32. The Morgan fingerprint density at radius 3 is 0.409 bits per heavy atom. The minimum atomic E-state index is -2.09. The number of ether oxygens (including phenoxy) is 6. The summed E-state index contributed by atoms with van der Waals surface area (Å²) in [5.74, 6) is -16.5. The molecule has 0 heterocycles. The molecular weight excluding hydrogens is 876 g/mol. The molecule has 0 saturated heterocycles. The molecule has 1 rings (SSSR count). The summed E-state index contributed by atoms with van der Waals surface area (Å²) in [5.41, 5.74) is -20.3. The van der Waals surface area contributed by atoms with Crippen LogP contribution in [0.3, 0.4) is 0 Å². The molecule has 66 heavy (non-hydrogen) atoms. The van der Waals surface area contributed by atoms with Crippen molar-refractivity contribution in [1.29, 1.82) is 0 Å². The topological polar surface area (TPSA) is 332 Å². The van der Waals surface area contributed by atoms with Gasteiger partial charge in [0.05, 0.1) is 76.0 Å². The molecule has 0 aliphatic rings. The highest BCUT2D eigenvalue weighted by molar-refractivity contribution is 6.28. The molecule has 6 amide bonds. The highest BCUT2D eigenvalue weighted by atomic mass is 16.5. The minimum absolute atomic E-state index is 0.956. The first kappa shape index (κ1) is 56.9. The van der Waals surface area contributed by atoms with E-state index in [0.717, 1.165) is 126 Å². The first-order chi connectivity index (χ1) is 29.9. The fourth-order valence-corrected chi connectivity index (χ4v) is 6.03. The van der Waals surface area contributed by atoms with Crippen LogP contribution in [0.15, 0.2) is 0 Å². The number of carbonyl (C=O) groups is 12.